The van der Waals surface area contributed by atoms with Crippen molar-refractivity contribution >= 4 is 23.8 Å². The van der Waals surface area contributed by atoms with Crippen molar-refractivity contribution in [3.8, 4) is 0 Å². The lowest BCUT2D eigenvalue weighted by Crippen LogP contribution is -2.34. The summed E-state index contributed by atoms with van der Waals surface area (Å²) in [6.07, 6.45) is 0.883. The molecule has 21 heavy (non-hydrogen) atoms. The molecule has 1 saturated heterocycles. The minimum absolute atomic E-state index is 0.103. The fraction of sp³-hybridized carbons (Fsp3) is 0.667. The summed E-state index contributed by atoms with van der Waals surface area (Å²) in [4.78, 5) is 30.1. The van der Waals surface area contributed by atoms with Gasteiger partial charge in [-0.15, -0.1) is 0 Å². The van der Waals surface area contributed by atoms with Gasteiger partial charge in [0.2, 0.25) is 23.8 Å². The zero-order chi connectivity index (χ0) is 15.4. The van der Waals surface area contributed by atoms with Crippen LogP contribution in [0, 0.1) is 0 Å². The van der Waals surface area contributed by atoms with Gasteiger partial charge in [-0.25, -0.2) is 5.84 Å². The summed E-state index contributed by atoms with van der Waals surface area (Å²) in [5.41, 5.74) is 2.46. The van der Waals surface area contributed by atoms with E-state index in [-0.39, 0.29) is 5.91 Å². The SMILES string of the molecule is CC(=O)N1CCCN(c2nc(NN)nc(N(C)C)n2)CC1. The van der Waals surface area contributed by atoms with Crippen LogP contribution < -0.4 is 21.1 Å². The number of hydrogen-bond donors (Lipinski definition) is 2. The third kappa shape index (κ3) is 3.69. The molecule has 3 N–H and O–H groups in total. The third-order valence-corrected chi connectivity index (χ3v) is 3.36. The van der Waals surface area contributed by atoms with E-state index in [2.05, 4.69) is 25.3 Å². The Balaban J connectivity index is 2.20. The molecule has 1 amide bonds. The zero-order valence-corrected chi connectivity index (χ0v) is 12.7. The molecule has 1 aromatic heterocycles. The van der Waals surface area contributed by atoms with Crippen LogP contribution in [0.4, 0.5) is 17.8 Å². The van der Waals surface area contributed by atoms with Crippen molar-refractivity contribution in [2.24, 2.45) is 5.84 Å². The van der Waals surface area contributed by atoms with Crippen LogP contribution >= 0.6 is 0 Å². The predicted molar refractivity (Wildman–Crippen MR) is 81.0 cm³/mol. The summed E-state index contributed by atoms with van der Waals surface area (Å²) in [5.74, 6) is 6.97. The lowest BCUT2D eigenvalue weighted by atomic mass is 10.4. The first-order chi connectivity index (χ1) is 10.0. The number of carbonyl (C=O) groups is 1. The van der Waals surface area contributed by atoms with Crippen LogP contribution in [0.2, 0.25) is 0 Å². The van der Waals surface area contributed by atoms with Gasteiger partial charge in [-0.2, -0.15) is 15.0 Å². The summed E-state index contributed by atoms with van der Waals surface area (Å²) in [6, 6.07) is 0. The number of aromatic nitrogens is 3. The maximum absolute atomic E-state index is 11.5. The Bertz CT molecular complexity index is 506. The minimum atomic E-state index is 0.103. The third-order valence-electron chi connectivity index (χ3n) is 3.36. The Morgan fingerprint density at radius 2 is 1.95 bits per heavy atom. The van der Waals surface area contributed by atoms with E-state index >= 15 is 0 Å². The molecule has 116 valence electrons. The molecule has 0 bridgehead atoms. The molecule has 0 saturated carbocycles. The lowest BCUT2D eigenvalue weighted by molar-refractivity contribution is -0.128. The second kappa shape index (κ2) is 6.53. The van der Waals surface area contributed by atoms with Gasteiger partial charge in [0.05, 0.1) is 0 Å². The fourth-order valence-electron chi connectivity index (χ4n) is 2.19. The highest BCUT2D eigenvalue weighted by Crippen LogP contribution is 2.16. The predicted octanol–water partition coefficient (Wildman–Crippen LogP) is -0.718. The summed E-state index contributed by atoms with van der Waals surface area (Å²) < 4.78 is 0. The molecule has 9 heteroatoms. The Hall–Kier alpha value is -2.16. The van der Waals surface area contributed by atoms with Crippen molar-refractivity contribution in [3.63, 3.8) is 0 Å². The van der Waals surface area contributed by atoms with Gasteiger partial charge in [-0.3, -0.25) is 10.2 Å². The van der Waals surface area contributed by atoms with Crippen LogP contribution in [0.15, 0.2) is 0 Å². The average Bonchev–Trinajstić information content (AvgIpc) is 2.72. The lowest BCUT2D eigenvalue weighted by Gasteiger charge is -2.22. The standard InChI is InChI=1S/C12H22N8O/c1-9(21)19-5-4-6-20(8-7-19)12-15-10(17-13)14-11(16-12)18(2)3/h4-8,13H2,1-3H3,(H,14,15,16,17). The van der Waals surface area contributed by atoms with E-state index in [1.165, 1.54) is 0 Å². The van der Waals surface area contributed by atoms with Gasteiger partial charge < -0.3 is 14.7 Å². The molecule has 0 atom stereocenters. The number of hydrazine groups is 1. The van der Waals surface area contributed by atoms with Gasteiger partial charge >= 0.3 is 0 Å². The van der Waals surface area contributed by atoms with Crippen LogP contribution in [-0.4, -0.2) is 66.0 Å². The van der Waals surface area contributed by atoms with Crippen LogP contribution in [0.5, 0.6) is 0 Å². The normalized spacial score (nSPS) is 15.6. The molecule has 1 aliphatic heterocycles. The molecule has 2 heterocycles. The molecule has 2 rings (SSSR count). The Labute approximate surface area is 124 Å². The second-order valence-electron chi connectivity index (χ2n) is 5.14. The van der Waals surface area contributed by atoms with Gasteiger partial charge in [0.1, 0.15) is 0 Å². The van der Waals surface area contributed by atoms with E-state index in [0.717, 1.165) is 19.5 Å². The number of nitrogen functional groups attached to an aromatic ring is 1. The Morgan fingerprint density at radius 1 is 1.19 bits per heavy atom. The van der Waals surface area contributed by atoms with Crippen molar-refractivity contribution in [3.05, 3.63) is 0 Å². The zero-order valence-electron chi connectivity index (χ0n) is 12.7. The van der Waals surface area contributed by atoms with Gasteiger partial charge in [0.25, 0.3) is 0 Å². The summed E-state index contributed by atoms with van der Waals surface area (Å²) in [7, 11) is 3.72. The highest BCUT2D eigenvalue weighted by atomic mass is 16.2. The second-order valence-corrected chi connectivity index (χ2v) is 5.14. The van der Waals surface area contributed by atoms with Crippen LogP contribution in [0.1, 0.15) is 13.3 Å². The molecule has 0 unspecified atom stereocenters. The van der Waals surface area contributed by atoms with Crippen molar-refractivity contribution < 1.29 is 4.79 Å². The highest BCUT2D eigenvalue weighted by molar-refractivity contribution is 5.73. The quantitative estimate of drug-likeness (QED) is 0.556. The smallest absolute Gasteiger partial charge is 0.243 e. The topological polar surface area (TPSA) is 104 Å². The number of carbonyl (C=O) groups excluding carboxylic acids is 1. The van der Waals surface area contributed by atoms with E-state index < -0.39 is 0 Å². The van der Waals surface area contributed by atoms with E-state index in [1.807, 2.05) is 19.0 Å². The average molecular weight is 294 g/mol. The number of nitrogens with two attached hydrogens (primary N) is 1. The van der Waals surface area contributed by atoms with Crippen LogP contribution in [-0.2, 0) is 4.79 Å². The monoisotopic (exact) mass is 294 g/mol. The maximum Gasteiger partial charge on any atom is 0.243 e. The molecule has 0 spiro atoms. The van der Waals surface area contributed by atoms with E-state index in [9.17, 15) is 4.79 Å². The molecular weight excluding hydrogens is 272 g/mol. The number of hydrogen-bond acceptors (Lipinski definition) is 8. The summed E-state index contributed by atoms with van der Waals surface area (Å²) >= 11 is 0. The Morgan fingerprint density at radius 3 is 2.57 bits per heavy atom. The van der Waals surface area contributed by atoms with Gasteiger partial charge in [-0.1, -0.05) is 0 Å². The highest BCUT2D eigenvalue weighted by Gasteiger charge is 2.20. The fourth-order valence-corrected chi connectivity index (χ4v) is 2.19. The van der Waals surface area contributed by atoms with Gasteiger partial charge in [-0.05, 0) is 6.42 Å². The number of nitrogens with one attached hydrogen (secondary N) is 1. The summed E-state index contributed by atoms with van der Waals surface area (Å²) in [6.45, 7) is 4.52. The van der Waals surface area contributed by atoms with Crippen molar-refractivity contribution in [2.45, 2.75) is 13.3 Å². The maximum atomic E-state index is 11.5. The molecule has 1 aromatic rings. The van der Waals surface area contributed by atoms with Crippen molar-refractivity contribution in [2.75, 3.05) is 55.5 Å². The van der Waals surface area contributed by atoms with E-state index in [0.29, 0.717) is 30.9 Å². The van der Waals surface area contributed by atoms with Gasteiger partial charge in [0, 0.05) is 47.2 Å². The molecule has 0 radical (unpaired) electrons. The van der Waals surface area contributed by atoms with Crippen molar-refractivity contribution in [1.29, 1.82) is 0 Å². The number of anilines is 3. The molecule has 9 nitrogen and oxygen atoms in total. The largest absolute Gasteiger partial charge is 0.347 e. The molecule has 1 fully saturated rings. The van der Waals surface area contributed by atoms with Crippen LogP contribution in [0.25, 0.3) is 0 Å². The first-order valence-electron chi connectivity index (χ1n) is 6.91. The number of nitrogens with zero attached hydrogens (tertiary/aromatic N) is 6. The molecule has 0 aromatic carbocycles. The number of rotatable bonds is 3. The first-order valence-corrected chi connectivity index (χ1v) is 6.91. The molecular formula is C12H22N8O. The number of amides is 1. The summed E-state index contributed by atoms with van der Waals surface area (Å²) in [5, 5.41) is 0. The molecule has 0 aliphatic carbocycles. The van der Waals surface area contributed by atoms with E-state index in [4.69, 9.17) is 5.84 Å². The van der Waals surface area contributed by atoms with Gasteiger partial charge in [0.15, 0.2) is 0 Å². The molecule has 1 aliphatic rings. The Kier molecular flexibility index (Phi) is 4.73. The van der Waals surface area contributed by atoms with Crippen molar-refractivity contribution in [1.82, 2.24) is 19.9 Å². The first kappa shape index (κ1) is 15.2. The van der Waals surface area contributed by atoms with E-state index in [1.54, 1.807) is 11.8 Å². The van der Waals surface area contributed by atoms with Crippen LogP contribution in [0.3, 0.4) is 0 Å². The minimum Gasteiger partial charge on any atom is -0.347 e.